The van der Waals surface area contributed by atoms with Crippen molar-refractivity contribution in [2.75, 3.05) is 0 Å². The van der Waals surface area contributed by atoms with Crippen molar-refractivity contribution in [3.8, 4) is 0 Å². The molecule has 0 unspecified atom stereocenters. The normalized spacial score (nSPS) is 1.78. The molecule has 0 N–H and O–H groups in total. The average molecular weight is 243 g/mol. The van der Waals surface area contributed by atoms with Crippen molar-refractivity contribution in [3.63, 3.8) is 0 Å². The van der Waals surface area contributed by atoms with E-state index in [0.29, 0.717) is 0 Å². The molecule has 0 bridgehead atoms. The zero-order valence-electron chi connectivity index (χ0n) is 3.95. The van der Waals surface area contributed by atoms with Crippen molar-refractivity contribution in [2.24, 2.45) is 0 Å². The Kier molecular flexibility index (Phi) is 298. The molecule has 0 atom stereocenters. The van der Waals surface area contributed by atoms with E-state index in [-0.39, 0.29) is 37.2 Å². The first kappa shape index (κ1) is 34.1. The molecular weight excluding hydrogens is 243 g/mol. The molecular formula is O6Si2Zr. The molecule has 0 aliphatic rings. The topological polar surface area (TPSA) is 125 Å². The van der Waals surface area contributed by atoms with Gasteiger partial charge in [0.15, 0.2) is 0 Å². The predicted octanol–water partition coefficient (Wildman–Crippen LogP) is -1.48. The fourth-order valence-corrected chi connectivity index (χ4v) is 0. The summed E-state index contributed by atoms with van der Waals surface area (Å²) in [4.78, 5) is 0. The fraction of sp³-hybridized carbons (Fsp3) is 0. The van der Waals surface area contributed by atoms with Gasteiger partial charge in [-0.05, 0) is 0 Å². The number of hydrogen-bond acceptors (Lipinski definition) is 4. The van der Waals surface area contributed by atoms with Crippen LogP contribution in [0.15, 0.2) is 0 Å². The van der Waals surface area contributed by atoms with Crippen molar-refractivity contribution in [1.29, 1.82) is 0 Å². The summed E-state index contributed by atoms with van der Waals surface area (Å²) in [6.07, 6.45) is 0. The largest absolute Gasteiger partial charge is 4.00 e. The van der Waals surface area contributed by atoms with Crippen LogP contribution < -0.4 is 0 Å². The Balaban J connectivity index is -0.00000000889. The molecule has 0 heterocycles. The molecule has 0 aliphatic heterocycles. The average Bonchev–Trinajstić information content (AvgIpc) is 1.39. The van der Waals surface area contributed by atoms with Crippen LogP contribution in [-0.4, -0.2) is 18.6 Å². The maximum absolute atomic E-state index is 8.40. The van der Waals surface area contributed by atoms with Crippen molar-refractivity contribution in [2.45, 2.75) is 0 Å². The second-order valence-electron chi connectivity index (χ2n) is 0.167. The van der Waals surface area contributed by atoms with Gasteiger partial charge in [-0.25, -0.2) is 0 Å². The van der Waals surface area contributed by atoms with E-state index in [1.54, 1.807) is 0 Å². The van der Waals surface area contributed by atoms with Crippen molar-refractivity contribution in [3.05, 3.63) is 0 Å². The molecule has 6 nitrogen and oxygen atoms in total. The maximum Gasteiger partial charge on any atom is 4.00 e. The third-order valence-corrected chi connectivity index (χ3v) is 0. The molecule has 0 amide bonds. The fourth-order valence-electron chi connectivity index (χ4n) is 0. The summed E-state index contributed by atoms with van der Waals surface area (Å²) < 4.78 is 33.6. The Labute approximate surface area is 73.6 Å². The summed E-state index contributed by atoms with van der Waals surface area (Å²) in [5.41, 5.74) is 0. The summed E-state index contributed by atoms with van der Waals surface area (Å²) in [6.45, 7) is 0. The minimum Gasteiger partial charge on any atom is -2.00 e. The third-order valence-electron chi connectivity index (χ3n) is 0. The third kappa shape index (κ3) is 1830. The van der Waals surface area contributed by atoms with Gasteiger partial charge in [-0.2, -0.15) is 0 Å². The molecule has 0 rings (SSSR count). The molecule has 0 aromatic carbocycles. The molecule has 0 spiro atoms. The summed E-state index contributed by atoms with van der Waals surface area (Å²) >= 11 is 0. The van der Waals surface area contributed by atoms with Crippen LogP contribution in [0, 0.1) is 0 Å². The Bertz CT molecular complexity index is 65.1. The second-order valence-corrected chi connectivity index (χ2v) is 0.500. The van der Waals surface area contributed by atoms with Crippen LogP contribution in [0.5, 0.6) is 0 Å². The minimum absolute atomic E-state index is 0. The minimum atomic E-state index is -1.42. The standard InChI is InChI=1S/2O2Si.2O.Zr/c2*1-3-2;;;/q;;2*-2;+4. The van der Waals surface area contributed by atoms with E-state index in [0.717, 1.165) is 0 Å². The number of hydrogen-bond donors (Lipinski definition) is 0. The Morgan fingerprint density at radius 1 is 0.667 bits per heavy atom. The Morgan fingerprint density at radius 2 is 0.667 bits per heavy atom. The number of rotatable bonds is 0. The van der Waals surface area contributed by atoms with Gasteiger partial charge >= 0.3 is 44.8 Å². The van der Waals surface area contributed by atoms with Crippen LogP contribution in [-0.2, 0) is 55.0 Å². The van der Waals surface area contributed by atoms with Crippen LogP contribution in [0.1, 0.15) is 0 Å². The van der Waals surface area contributed by atoms with Gasteiger partial charge in [0.25, 0.3) is 0 Å². The zero-order chi connectivity index (χ0) is 5.41. The van der Waals surface area contributed by atoms with Crippen LogP contribution in [0.3, 0.4) is 0 Å². The molecule has 48 valence electrons. The van der Waals surface area contributed by atoms with Gasteiger partial charge in [0.1, 0.15) is 0 Å². The zero-order valence-corrected chi connectivity index (χ0v) is 8.41. The van der Waals surface area contributed by atoms with Gasteiger partial charge in [0, 0.05) is 0 Å². The van der Waals surface area contributed by atoms with E-state index in [9.17, 15) is 0 Å². The van der Waals surface area contributed by atoms with Crippen molar-refractivity contribution in [1.82, 2.24) is 0 Å². The summed E-state index contributed by atoms with van der Waals surface area (Å²) in [5, 5.41) is 0. The monoisotopic (exact) mass is 242 g/mol. The van der Waals surface area contributed by atoms with Crippen molar-refractivity contribution < 1.29 is 55.0 Å². The molecule has 0 aromatic rings. The van der Waals surface area contributed by atoms with E-state index < -0.39 is 18.6 Å². The molecule has 0 saturated carbocycles. The van der Waals surface area contributed by atoms with E-state index in [1.165, 1.54) is 0 Å². The van der Waals surface area contributed by atoms with Crippen molar-refractivity contribution >= 4 is 18.6 Å². The smallest absolute Gasteiger partial charge is 2.00 e. The van der Waals surface area contributed by atoms with E-state index >= 15 is 0 Å². The predicted molar refractivity (Wildman–Crippen MR) is 15.6 cm³/mol. The Morgan fingerprint density at radius 3 is 0.667 bits per heavy atom. The Hall–Kier alpha value is 0.437. The van der Waals surface area contributed by atoms with Crippen LogP contribution in [0.2, 0.25) is 0 Å². The van der Waals surface area contributed by atoms with E-state index in [4.69, 9.17) is 17.8 Å². The van der Waals surface area contributed by atoms with Gasteiger partial charge in [-0.15, -0.1) is 0 Å². The first-order valence-corrected chi connectivity index (χ1v) is 2.45. The SMILES string of the molecule is O=[Si]=O.O=[Si]=O.[O-2].[O-2].[Zr+4]. The van der Waals surface area contributed by atoms with Crippen LogP contribution in [0.4, 0.5) is 0 Å². The van der Waals surface area contributed by atoms with Crippen LogP contribution in [0.25, 0.3) is 0 Å². The summed E-state index contributed by atoms with van der Waals surface area (Å²) in [6, 6.07) is 0. The quantitative estimate of drug-likeness (QED) is 0.481. The van der Waals surface area contributed by atoms with Gasteiger partial charge < -0.3 is 11.0 Å². The van der Waals surface area contributed by atoms with Gasteiger partial charge in [0.2, 0.25) is 0 Å². The van der Waals surface area contributed by atoms with Gasteiger partial charge in [-0.1, -0.05) is 0 Å². The van der Waals surface area contributed by atoms with Gasteiger partial charge in [-0.3, -0.25) is 17.8 Å². The summed E-state index contributed by atoms with van der Waals surface area (Å²) in [5.74, 6) is 0. The summed E-state index contributed by atoms with van der Waals surface area (Å²) in [7, 11) is -2.83. The first-order valence-electron chi connectivity index (χ1n) is 0.816. The second kappa shape index (κ2) is 78.6. The molecule has 9 heteroatoms. The maximum atomic E-state index is 8.40. The molecule has 0 aromatic heterocycles. The molecule has 0 fully saturated rings. The molecule has 0 aliphatic carbocycles. The molecule has 0 saturated heterocycles. The van der Waals surface area contributed by atoms with E-state index in [1.807, 2.05) is 0 Å². The van der Waals surface area contributed by atoms with E-state index in [2.05, 4.69) is 0 Å². The van der Waals surface area contributed by atoms with Crippen LogP contribution >= 0.6 is 0 Å². The molecule has 0 radical (unpaired) electrons. The molecule has 9 heavy (non-hydrogen) atoms. The first-order chi connectivity index (χ1) is 2.83. The van der Waals surface area contributed by atoms with Gasteiger partial charge in [0.05, 0.1) is 0 Å².